The van der Waals surface area contributed by atoms with Gasteiger partial charge in [0, 0.05) is 12.6 Å². The average Bonchev–Trinajstić information content (AvgIpc) is 2.91. The van der Waals surface area contributed by atoms with E-state index in [1.54, 1.807) is 6.20 Å². The summed E-state index contributed by atoms with van der Waals surface area (Å²) in [5.74, 6) is 0.449. The number of aromatic nitrogens is 2. The Morgan fingerprint density at radius 2 is 2.05 bits per heavy atom. The number of ketones is 1. The number of hydrogen-bond acceptors (Lipinski definition) is 4. The van der Waals surface area contributed by atoms with Crippen LogP contribution in [0.2, 0.25) is 0 Å². The lowest BCUT2D eigenvalue weighted by Gasteiger charge is -2.05. The highest BCUT2D eigenvalue weighted by atomic mass is 32.2. The van der Waals surface area contributed by atoms with Crippen molar-refractivity contribution in [3.8, 4) is 0 Å². The van der Waals surface area contributed by atoms with Crippen molar-refractivity contribution in [2.75, 3.05) is 5.75 Å². The van der Waals surface area contributed by atoms with Gasteiger partial charge in [-0.25, -0.2) is 4.98 Å². The number of thioether (sulfide) groups is 1. The second kappa shape index (κ2) is 8.15. The van der Waals surface area contributed by atoms with Crippen molar-refractivity contribution < 1.29 is 9.90 Å². The zero-order chi connectivity index (χ0) is 15.9. The number of rotatable bonds is 8. The Kier molecular flexibility index (Phi) is 6.21. The summed E-state index contributed by atoms with van der Waals surface area (Å²) >= 11 is 1.40. The van der Waals surface area contributed by atoms with Crippen molar-refractivity contribution >= 4 is 17.5 Å². The first-order valence-electron chi connectivity index (χ1n) is 7.52. The van der Waals surface area contributed by atoms with Gasteiger partial charge >= 0.3 is 0 Å². The minimum Gasteiger partial charge on any atom is -0.390 e. The Morgan fingerprint density at radius 3 is 2.64 bits per heavy atom. The zero-order valence-electron chi connectivity index (χ0n) is 13.1. The SMILES string of the molecule is CCCCc1ccc(C(=O)CSc2ncc(CO)n2C)cc1. The number of benzene rings is 1. The van der Waals surface area contributed by atoms with E-state index in [0.717, 1.165) is 22.8 Å². The molecule has 1 heterocycles. The highest BCUT2D eigenvalue weighted by Crippen LogP contribution is 2.19. The monoisotopic (exact) mass is 318 g/mol. The molecule has 0 fully saturated rings. The van der Waals surface area contributed by atoms with E-state index in [2.05, 4.69) is 11.9 Å². The van der Waals surface area contributed by atoms with Crippen LogP contribution in [0.5, 0.6) is 0 Å². The zero-order valence-corrected chi connectivity index (χ0v) is 13.9. The van der Waals surface area contributed by atoms with Crippen molar-refractivity contribution in [2.45, 2.75) is 37.9 Å². The summed E-state index contributed by atoms with van der Waals surface area (Å²) in [6.45, 7) is 2.13. The number of Topliss-reactive ketones (excluding diaryl/α,β-unsaturated/α-hetero) is 1. The number of imidazole rings is 1. The van der Waals surface area contributed by atoms with Crippen molar-refractivity contribution in [2.24, 2.45) is 7.05 Å². The normalized spacial score (nSPS) is 10.9. The largest absolute Gasteiger partial charge is 0.390 e. The Labute approximate surface area is 135 Å². The van der Waals surface area contributed by atoms with Crippen LogP contribution >= 0.6 is 11.8 Å². The van der Waals surface area contributed by atoms with E-state index in [1.807, 2.05) is 35.9 Å². The van der Waals surface area contributed by atoms with Crippen molar-refractivity contribution in [1.29, 1.82) is 0 Å². The minimum atomic E-state index is -0.0444. The molecule has 22 heavy (non-hydrogen) atoms. The summed E-state index contributed by atoms with van der Waals surface area (Å²) in [7, 11) is 1.84. The van der Waals surface area contributed by atoms with Crippen LogP contribution in [0.1, 0.15) is 41.4 Å². The van der Waals surface area contributed by atoms with Gasteiger partial charge in [0.1, 0.15) is 0 Å². The second-order valence-corrected chi connectivity index (χ2v) is 6.20. The summed E-state index contributed by atoms with van der Waals surface area (Å²) in [5, 5.41) is 9.88. The first-order valence-corrected chi connectivity index (χ1v) is 8.50. The van der Waals surface area contributed by atoms with Crippen molar-refractivity contribution in [3.05, 3.63) is 47.3 Å². The van der Waals surface area contributed by atoms with Gasteiger partial charge in [0.25, 0.3) is 0 Å². The smallest absolute Gasteiger partial charge is 0.173 e. The van der Waals surface area contributed by atoms with Gasteiger partial charge in [-0.3, -0.25) is 4.79 Å². The maximum atomic E-state index is 12.2. The van der Waals surface area contributed by atoms with Gasteiger partial charge in [-0.15, -0.1) is 0 Å². The number of nitrogens with zero attached hydrogens (tertiary/aromatic N) is 2. The third kappa shape index (κ3) is 4.21. The Hall–Kier alpha value is -1.59. The molecule has 2 rings (SSSR count). The number of carbonyl (C=O) groups excluding carboxylic acids is 1. The van der Waals surface area contributed by atoms with Gasteiger partial charge in [0.2, 0.25) is 0 Å². The van der Waals surface area contributed by atoms with E-state index in [0.29, 0.717) is 5.75 Å². The summed E-state index contributed by atoms with van der Waals surface area (Å²) in [6, 6.07) is 7.90. The van der Waals surface area contributed by atoms with Crippen LogP contribution in [0.3, 0.4) is 0 Å². The Morgan fingerprint density at radius 1 is 1.32 bits per heavy atom. The van der Waals surface area contributed by atoms with Crippen LogP contribution in [0.4, 0.5) is 0 Å². The minimum absolute atomic E-state index is 0.0444. The fourth-order valence-electron chi connectivity index (χ4n) is 2.16. The molecule has 1 aromatic heterocycles. The number of aryl methyl sites for hydroxylation is 1. The quantitative estimate of drug-likeness (QED) is 0.600. The molecular weight excluding hydrogens is 296 g/mol. The lowest BCUT2D eigenvalue weighted by atomic mass is 10.1. The van der Waals surface area contributed by atoms with Crippen molar-refractivity contribution in [3.63, 3.8) is 0 Å². The number of aliphatic hydroxyl groups is 1. The molecule has 1 N–H and O–H groups in total. The number of unbranched alkanes of at least 4 members (excludes halogenated alkanes) is 1. The fourth-order valence-corrected chi connectivity index (χ4v) is 3.02. The van der Waals surface area contributed by atoms with Crippen molar-refractivity contribution in [1.82, 2.24) is 9.55 Å². The topological polar surface area (TPSA) is 55.1 Å². The highest BCUT2D eigenvalue weighted by molar-refractivity contribution is 7.99. The summed E-state index contributed by atoms with van der Waals surface area (Å²) < 4.78 is 1.81. The van der Waals surface area contributed by atoms with E-state index in [1.165, 1.54) is 30.2 Å². The molecule has 5 heteroatoms. The maximum Gasteiger partial charge on any atom is 0.173 e. The lowest BCUT2D eigenvalue weighted by molar-refractivity contribution is 0.102. The van der Waals surface area contributed by atoms with Gasteiger partial charge in [0.15, 0.2) is 10.9 Å². The number of aliphatic hydroxyl groups excluding tert-OH is 1. The molecule has 1 aromatic carbocycles. The number of carbonyl (C=O) groups is 1. The van der Waals surface area contributed by atoms with Crippen LogP contribution in [-0.4, -0.2) is 26.2 Å². The third-order valence-corrected chi connectivity index (χ3v) is 4.68. The molecule has 0 saturated heterocycles. The summed E-state index contributed by atoms with van der Waals surface area (Å²) in [5.41, 5.74) is 2.77. The third-order valence-electron chi connectivity index (χ3n) is 3.63. The first kappa shape index (κ1) is 16.8. The van der Waals surface area contributed by atoms with Crippen LogP contribution in [0, 0.1) is 0 Å². The first-order chi connectivity index (χ1) is 10.7. The van der Waals surface area contributed by atoms with E-state index < -0.39 is 0 Å². The molecule has 4 nitrogen and oxygen atoms in total. The lowest BCUT2D eigenvalue weighted by Crippen LogP contribution is -2.04. The molecule has 0 unspecified atom stereocenters. The molecule has 118 valence electrons. The maximum absolute atomic E-state index is 12.2. The predicted octanol–water partition coefficient (Wildman–Crippen LogP) is 3.23. The van der Waals surface area contributed by atoms with E-state index >= 15 is 0 Å². The molecule has 0 atom stereocenters. The Balaban J connectivity index is 1.92. The van der Waals surface area contributed by atoms with Crippen LogP contribution in [-0.2, 0) is 20.1 Å². The van der Waals surface area contributed by atoms with Crippen LogP contribution in [0.15, 0.2) is 35.6 Å². The number of hydrogen-bond donors (Lipinski definition) is 1. The van der Waals surface area contributed by atoms with Crippen LogP contribution < -0.4 is 0 Å². The van der Waals surface area contributed by atoms with E-state index in [-0.39, 0.29) is 12.4 Å². The molecule has 0 aliphatic carbocycles. The molecule has 0 aliphatic heterocycles. The molecule has 0 saturated carbocycles. The van der Waals surface area contributed by atoms with Gasteiger partial charge in [-0.2, -0.15) is 0 Å². The van der Waals surface area contributed by atoms with Crippen LogP contribution in [0.25, 0.3) is 0 Å². The van der Waals surface area contributed by atoms with Gasteiger partial charge in [0.05, 0.1) is 24.3 Å². The Bertz CT molecular complexity index is 620. The second-order valence-electron chi connectivity index (χ2n) is 5.26. The van der Waals surface area contributed by atoms with Gasteiger partial charge < -0.3 is 9.67 Å². The van der Waals surface area contributed by atoms with Gasteiger partial charge in [-0.05, 0) is 18.4 Å². The average molecular weight is 318 g/mol. The summed E-state index contributed by atoms with van der Waals surface area (Å²) in [6.07, 6.45) is 5.05. The molecule has 0 amide bonds. The fraction of sp³-hybridized carbons (Fsp3) is 0.412. The summed E-state index contributed by atoms with van der Waals surface area (Å²) in [4.78, 5) is 16.4. The predicted molar refractivity (Wildman–Crippen MR) is 89.2 cm³/mol. The standard InChI is InChI=1S/C17H22N2O2S/c1-3-4-5-13-6-8-14(9-7-13)16(21)12-22-17-18-10-15(11-20)19(17)2/h6-10,20H,3-5,11-12H2,1-2H3. The van der Waals surface area contributed by atoms with E-state index in [4.69, 9.17) is 5.11 Å². The molecular formula is C17H22N2O2S. The molecule has 0 spiro atoms. The molecule has 2 aromatic rings. The highest BCUT2D eigenvalue weighted by Gasteiger charge is 2.11. The molecule has 0 bridgehead atoms. The molecule has 0 aliphatic rings. The van der Waals surface area contributed by atoms with E-state index in [9.17, 15) is 4.79 Å². The molecule has 0 radical (unpaired) electrons. The van der Waals surface area contributed by atoms with Gasteiger partial charge in [-0.1, -0.05) is 49.4 Å².